The second-order valence-corrected chi connectivity index (χ2v) is 7.01. The third-order valence-corrected chi connectivity index (χ3v) is 4.39. The van der Waals surface area contributed by atoms with Gasteiger partial charge in [-0.2, -0.15) is 10.1 Å². The summed E-state index contributed by atoms with van der Waals surface area (Å²) in [6.07, 6.45) is 0. The van der Waals surface area contributed by atoms with Crippen LogP contribution in [-0.2, 0) is 9.59 Å². The van der Waals surface area contributed by atoms with Crippen molar-refractivity contribution in [3.8, 4) is 0 Å². The molecule has 0 radical (unpaired) electrons. The number of amides is 2. The van der Waals surface area contributed by atoms with Gasteiger partial charge in [0.1, 0.15) is 0 Å². The van der Waals surface area contributed by atoms with E-state index in [0.717, 1.165) is 22.0 Å². The number of benzene rings is 1. The number of para-hydroxylation sites is 1. The first-order valence-corrected chi connectivity index (χ1v) is 8.89. The molecule has 2 amide bonds. The fraction of sp³-hybridized carbons (Fsp3) is 0.350. The molecule has 1 atom stereocenters. The maximum atomic E-state index is 12.9. The quantitative estimate of drug-likeness (QED) is 0.843. The van der Waals surface area contributed by atoms with Crippen LogP contribution in [0.5, 0.6) is 0 Å². The van der Waals surface area contributed by atoms with E-state index in [-0.39, 0.29) is 11.9 Å². The molecule has 0 fully saturated rings. The van der Waals surface area contributed by atoms with E-state index in [2.05, 4.69) is 34.2 Å². The SMILES string of the molecule is CC1=NN(c2nc(C)cc(C)n2)C(=O)[C@H]1C(=O)Nc1ccccc1C(C)C. The number of aryl methyl sites for hydroxylation is 2. The topological polar surface area (TPSA) is 87.6 Å². The molecule has 7 heteroatoms. The highest BCUT2D eigenvalue weighted by Gasteiger charge is 2.41. The van der Waals surface area contributed by atoms with E-state index in [4.69, 9.17) is 0 Å². The van der Waals surface area contributed by atoms with Crippen molar-refractivity contribution in [2.45, 2.75) is 40.5 Å². The molecule has 1 aliphatic heterocycles. The van der Waals surface area contributed by atoms with Crippen LogP contribution in [0.15, 0.2) is 35.4 Å². The maximum absolute atomic E-state index is 12.9. The third kappa shape index (κ3) is 3.72. The van der Waals surface area contributed by atoms with Gasteiger partial charge in [0.2, 0.25) is 5.91 Å². The molecule has 3 rings (SSSR count). The number of carbonyl (C=O) groups excluding carboxylic acids is 2. The molecular weight excluding hydrogens is 342 g/mol. The zero-order valence-electron chi connectivity index (χ0n) is 16.1. The first-order chi connectivity index (χ1) is 12.8. The number of aromatic nitrogens is 2. The Hall–Kier alpha value is -3.09. The zero-order chi connectivity index (χ0) is 19.7. The first-order valence-electron chi connectivity index (χ1n) is 8.89. The van der Waals surface area contributed by atoms with Crippen LogP contribution in [0.2, 0.25) is 0 Å². The summed E-state index contributed by atoms with van der Waals surface area (Å²) in [7, 11) is 0. The van der Waals surface area contributed by atoms with Gasteiger partial charge in [0.05, 0.1) is 5.71 Å². The van der Waals surface area contributed by atoms with Gasteiger partial charge in [-0.25, -0.2) is 9.97 Å². The lowest BCUT2D eigenvalue weighted by Crippen LogP contribution is -2.37. The average molecular weight is 365 g/mol. The van der Waals surface area contributed by atoms with Gasteiger partial charge in [0.25, 0.3) is 11.9 Å². The molecule has 2 heterocycles. The van der Waals surface area contributed by atoms with Crippen molar-refractivity contribution >= 4 is 29.2 Å². The maximum Gasteiger partial charge on any atom is 0.268 e. The van der Waals surface area contributed by atoms with Crippen LogP contribution in [0, 0.1) is 19.8 Å². The van der Waals surface area contributed by atoms with Gasteiger partial charge in [0, 0.05) is 17.1 Å². The van der Waals surface area contributed by atoms with E-state index in [1.54, 1.807) is 6.92 Å². The van der Waals surface area contributed by atoms with Gasteiger partial charge < -0.3 is 5.32 Å². The minimum atomic E-state index is -0.991. The van der Waals surface area contributed by atoms with Gasteiger partial charge >= 0.3 is 0 Å². The van der Waals surface area contributed by atoms with Crippen molar-refractivity contribution in [3.05, 3.63) is 47.3 Å². The van der Waals surface area contributed by atoms with Gasteiger partial charge in [-0.05, 0) is 44.4 Å². The summed E-state index contributed by atoms with van der Waals surface area (Å²) in [6, 6.07) is 9.40. The number of anilines is 2. The smallest absolute Gasteiger partial charge is 0.268 e. The summed E-state index contributed by atoms with van der Waals surface area (Å²) in [5, 5.41) is 8.24. The van der Waals surface area contributed by atoms with E-state index in [9.17, 15) is 9.59 Å². The number of hydrogen-bond donors (Lipinski definition) is 1. The fourth-order valence-corrected chi connectivity index (χ4v) is 3.13. The molecule has 0 bridgehead atoms. The first kappa shape index (κ1) is 18.7. The normalized spacial score (nSPS) is 16.7. The highest BCUT2D eigenvalue weighted by molar-refractivity contribution is 6.28. The van der Waals surface area contributed by atoms with E-state index >= 15 is 0 Å². The molecule has 0 spiro atoms. The van der Waals surface area contributed by atoms with Crippen LogP contribution >= 0.6 is 0 Å². The number of nitrogens with one attached hydrogen (secondary N) is 1. The zero-order valence-corrected chi connectivity index (χ0v) is 16.1. The molecular formula is C20H23N5O2. The number of carbonyl (C=O) groups is 2. The molecule has 0 saturated heterocycles. The van der Waals surface area contributed by atoms with Crippen LogP contribution in [0.3, 0.4) is 0 Å². The summed E-state index contributed by atoms with van der Waals surface area (Å²) < 4.78 is 0. The Labute approximate surface area is 158 Å². The largest absolute Gasteiger partial charge is 0.325 e. The minimum Gasteiger partial charge on any atom is -0.325 e. The Morgan fingerprint density at radius 1 is 1.11 bits per heavy atom. The molecule has 1 N–H and O–H groups in total. The Bertz CT molecular complexity index is 915. The van der Waals surface area contributed by atoms with E-state index in [1.165, 1.54) is 0 Å². The standard InChI is InChI=1S/C20H23N5O2/c1-11(2)15-8-6-7-9-16(15)23-18(26)17-14(5)24-25(19(17)27)20-21-12(3)10-13(4)22-20/h6-11,17H,1-5H3,(H,23,26)/t17-/m1/s1. The molecule has 0 saturated carbocycles. The number of nitrogens with zero attached hydrogens (tertiary/aromatic N) is 4. The molecule has 1 aliphatic rings. The number of hydrogen-bond acceptors (Lipinski definition) is 5. The Morgan fingerprint density at radius 2 is 1.74 bits per heavy atom. The highest BCUT2D eigenvalue weighted by atomic mass is 16.2. The van der Waals surface area contributed by atoms with Crippen LogP contribution in [-0.4, -0.2) is 27.5 Å². The van der Waals surface area contributed by atoms with Crippen molar-refractivity contribution in [2.75, 3.05) is 10.3 Å². The monoisotopic (exact) mass is 365 g/mol. The molecule has 7 nitrogen and oxygen atoms in total. The molecule has 0 aliphatic carbocycles. The van der Waals surface area contributed by atoms with Crippen LogP contribution < -0.4 is 10.3 Å². The minimum absolute atomic E-state index is 0.190. The van der Waals surface area contributed by atoms with Crippen molar-refractivity contribution in [3.63, 3.8) is 0 Å². The van der Waals surface area contributed by atoms with E-state index in [1.807, 2.05) is 44.2 Å². The summed E-state index contributed by atoms with van der Waals surface area (Å²) in [5.41, 5.74) is 3.61. The summed E-state index contributed by atoms with van der Waals surface area (Å²) in [4.78, 5) is 34.2. The molecule has 0 unspecified atom stereocenters. The van der Waals surface area contributed by atoms with Crippen molar-refractivity contribution in [1.82, 2.24) is 9.97 Å². The Kier molecular flexibility index (Phi) is 5.03. The van der Waals surface area contributed by atoms with Gasteiger partial charge in [0.15, 0.2) is 5.92 Å². The molecule has 2 aromatic rings. The second-order valence-electron chi connectivity index (χ2n) is 7.01. The molecule has 1 aromatic heterocycles. The van der Waals surface area contributed by atoms with E-state index < -0.39 is 17.7 Å². The summed E-state index contributed by atoms with van der Waals surface area (Å²) in [5.74, 6) is -1.40. The lowest BCUT2D eigenvalue weighted by Gasteiger charge is -2.16. The lowest BCUT2D eigenvalue weighted by molar-refractivity contribution is -0.127. The van der Waals surface area contributed by atoms with Crippen molar-refractivity contribution in [2.24, 2.45) is 11.0 Å². The van der Waals surface area contributed by atoms with Crippen LogP contribution in [0.4, 0.5) is 11.6 Å². The predicted molar refractivity (Wildman–Crippen MR) is 105 cm³/mol. The highest BCUT2D eigenvalue weighted by Crippen LogP contribution is 2.26. The van der Waals surface area contributed by atoms with Crippen LogP contribution in [0.25, 0.3) is 0 Å². The Balaban J connectivity index is 1.85. The number of hydrazone groups is 1. The van der Waals surface area contributed by atoms with Crippen molar-refractivity contribution in [1.29, 1.82) is 0 Å². The number of rotatable bonds is 4. The van der Waals surface area contributed by atoms with Gasteiger partial charge in [-0.1, -0.05) is 32.0 Å². The molecule has 27 heavy (non-hydrogen) atoms. The predicted octanol–water partition coefficient (Wildman–Crippen LogP) is 3.19. The second kappa shape index (κ2) is 7.26. The summed E-state index contributed by atoms with van der Waals surface area (Å²) in [6.45, 7) is 9.42. The molecule has 140 valence electrons. The molecule has 1 aromatic carbocycles. The van der Waals surface area contributed by atoms with Gasteiger partial charge in [-0.3, -0.25) is 9.59 Å². The van der Waals surface area contributed by atoms with Crippen molar-refractivity contribution < 1.29 is 9.59 Å². The Morgan fingerprint density at radius 3 is 2.37 bits per heavy atom. The van der Waals surface area contributed by atoms with E-state index in [0.29, 0.717) is 11.4 Å². The van der Waals surface area contributed by atoms with Crippen LogP contribution in [0.1, 0.15) is 43.6 Å². The fourth-order valence-electron chi connectivity index (χ4n) is 3.13. The van der Waals surface area contributed by atoms with Gasteiger partial charge in [-0.15, -0.1) is 0 Å². The third-order valence-electron chi connectivity index (χ3n) is 4.39. The summed E-state index contributed by atoms with van der Waals surface area (Å²) >= 11 is 0. The average Bonchev–Trinajstić information content (AvgIpc) is 2.89. The lowest BCUT2D eigenvalue weighted by atomic mass is 9.99.